The van der Waals surface area contributed by atoms with Crippen LogP contribution in [0, 0.1) is 11.3 Å². The Morgan fingerprint density at radius 2 is 1.94 bits per heavy atom. The second-order valence-electron chi connectivity index (χ2n) is 6.96. The predicted octanol–water partition coefficient (Wildman–Crippen LogP) is 4.80. The number of furan rings is 1. The van der Waals surface area contributed by atoms with E-state index in [0.717, 1.165) is 4.90 Å². The summed E-state index contributed by atoms with van der Waals surface area (Å²) >= 11 is 12.0. The molecule has 3 rings (SSSR count). The fourth-order valence-electron chi connectivity index (χ4n) is 3.15. The Labute approximate surface area is 194 Å². The number of carbonyl (C=O) groups excluding carboxylic acids is 3. The highest BCUT2D eigenvalue weighted by atomic mass is 35.5. The predicted molar refractivity (Wildman–Crippen MR) is 118 cm³/mol. The first-order valence-electron chi connectivity index (χ1n) is 9.60. The van der Waals surface area contributed by atoms with Crippen molar-refractivity contribution in [1.82, 2.24) is 4.90 Å². The Morgan fingerprint density at radius 1 is 1.19 bits per heavy atom. The van der Waals surface area contributed by atoms with Crippen molar-refractivity contribution < 1.29 is 23.5 Å². The fraction of sp³-hybridized carbons (Fsp3) is 0.217. The summed E-state index contributed by atoms with van der Waals surface area (Å²) in [5.41, 5.74) is 1.01. The zero-order chi connectivity index (χ0) is 23.4. The van der Waals surface area contributed by atoms with E-state index < -0.39 is 17.8 Å². The van der Waals surface area contributed by atoms with E-state index in [0.29, 0.717) is 27.1 Å². The van der Waals surface area contributed by atoms with Gasteiger partial charge >= 0.3 is 5.97 Å². The van der Waals surface area contributed by atoms with Gasteiger partial charge in [-0.2, -0.15) is 5.26 Å². The molecule has 0 radical (unpaired) electrons. The molecule has 0 spiro atoms. The number of amides is 2. The Bertz CT molecular complexity index is 1200. The molecule has 0 unspecified atom stereocenters. The highest BCUT2D eigenvalue weighted by molar-refractivity contribution is 6.42. The molecule has 1 aliphatic heterocycles. The maximum Gasteiger partial charge on any atom is 0.302 e. The second kappa shape index (κ2) is 9.86. The number of rotatable bonds is 6. The van der Waals surface area contributed by atoms with Crippen LogP contribution < -0.4 is 0 Å². The molecule has 32 heavy (non-hydrogen) atoms. The Balaban J connectivity index is 1.90. The molecule has 1 aromatic carbocycles. The van der Waals surface area contributed by atoms with Gasteiger partial charge in [0.25, 0.3) is 11.8 Å². The first kappa shape index (κ1) is 23.3. The minimum absolute atomic E-state index is 0.00737. The summed E-state index contributed by atoms with van der Waals surface area (Å²) in [5.74, 6) is -0.811. The van der Waals surface area contributed by atoms with Gasteiger partial charge in [0.2, 0.25) is 0 Å². The van der Waals surface area contributed by atoms with Crippen LogP contribution in [0.25, 0.3) is 17.4 Å². The van der Waals surface area contributed by atoms with Gasteiger partial charge in [0, 0.05) is 24.6 Å². The van der Waals surface area contributed by atoms with E-state index >= 15 is 0 Å². The largest absolute Gasteiger partial charge is 0.466 e. The van der Waals surface area contributed by atoms with Crippen molar-refractivity contribution in [3.8, 4) is 17.4 Å². The summed E-state index contributed by atoms with van der Waals surface area (Å²) < 4.78 is 10.7. The van der Waals surface area contributed by atoms with Gasteiger partial charge in [-0.1, -0.05) is 23.2 Å². The third-order valence-corrected chi connectivity index (χ3v) is 5.51. The van der Waals surface area contributed by atoms with E-state index in [1.807, 2.05) is 6.07 Å². The van der Waals surface area contributed by atoms with Crippen molar-refractivity contribution in [2.24, 2.45) is 0 Å². The van der Waals surface area contributed by atoms with Gasteiger partial charge in [-0.25, -0.2) is 0 Å². The lowest BCUT2D eigenvalue weighted by atomic mass is 9.94. The molecule has 0 fully saturated rings. The lowest BCUT2D eigenvalue weighted by Gasteiger charge is -2.27. The topological polar surface area (TPSA) is 101 Å². The van der Waals surface area contributed by atoms with Crippen molar-refractivity contribution in [3.63, 3.8) is 0 Å². The molecule has 1 aliphatic rings. The number of halogens is 2. The van der Waals surface area contributed by atoms with Crippen molar-refractivity contribution in [2.45, 2.75) is 20.3 Å². The second-order valence-corrected chi connectivity index (χ2v) is 7.77. The van der Waals surface area contributed by atoms with Crippen LogP contribution in [0.1, 0.15) is 26.0 Å². The summed E-state index contributed by atoms with van der Waals surface area (Å²) in [6.07, 6.45) is 1.74. The van der Waals surface area contributed by atoms with Crippen LogP contribution in [0.3, 0.4) is 0 Å². The number of hydrogen-bond acceptors (Lipinski definition) is 6. The van der Waals surface area contributed by atoms with E-state index in [1.54, 1.807) is 37.3 Å². The number of hydrogen-bond donors (Lipinski definition) is 0. The number of benzene rings is 1. The molecule has 2 heterocycles. The zero-order valence-electron chi connectivity index (χ0n) is 17.3. The van der Waals surface area contributed by atoms with Crippen LogP contribution in [-0.4, -0.2) is 35.8 Å². The molecule has 1 aromatic heterocycles. The highest BCUT2D eigenvalue weighted by Gasteiger charge is 2.35. The molecular formula is C23H18Cl2N2O5. The molecule has 2 amide bonds. The molecule has 0 bridgehead atoms. The van der Waals surface area contributed by atoms with Gasteiger partial charge in [0.1, 0.15) is 23.2 Å². The van der Waals surface area contributed by atoms with Crippen molar-refractivity contribution in [3.05, 3.63) is 62.9 Å². The van der Waals surface area contributed by atoms with Crippen LogP contribution in [0.5, 0.6) is 0 Å². The number of nitriles is 1. The molecular weight excluding hydrogens is 455 g/mol. The highest BCUT2D eigenvalue weighted by Crippen LogP contribution is 2.32. The smallest absolute Gasteiger partial charge is 0.302 e. The molecule has 7 nitrogen and oxygen atoms in total. The molecule has 164 valence electrons. The standard InChI is InChI=1S/C23H18Cl2N2O5/c1-13-17(11-16-5-7-21(32-16)15-4-6-19(24)20(25)10-15)22(29)27(23(30)18(13)12-26)8-3-9-31-14(2)28/h4-7,10-11H,3,8-9H2,1-2H3/b17-11-. The summed E-state index contributed by atoms with van der Waals surface area (Å²) in [4.78, 5) is 37.5. The number of imide groups is 1. The minimum atomic E-state index is -0.675. The van der Waals surface area contributed by atoms with Gasteiger partial charge in [0.15, 0.2) is 0 Å². The SMILES string of the molecule is CC(=O)OCCCN1C(=O)C(C#N)=C(C)/C(=C/c2ccc(-c3ccc(Cl)c(Cl)c3)o2)C1=O. The number of carbonyl (C=O) groups is 3. The van der Waals surface area contributed by atoms with E-state index in [-0.39, 0.29) is 36.3 Å². The maximum absolute atomic E-state index is 13.0. The van der Waals surface area contributed by atoms with E-state index in [4.69, 9.17) is 32.4 Å². The molecule has 9 heteroatoms. The van der Waals surface area contributed by atoms with Crippen molar-refractivity contribution >= 4 is 47.1 Å². The molecule has 0 atom stereocenters. The van der Waals surface area contributed by atoms with Gasteiger partial charge in [-0.05, 0) is 55.3 Å². The van der Waals surface area contributed by atoms with E-state index in [9.17, 15) is 19.6 Å². The monoisotopic (exact) mass is 472 g/mol. The van der Waals surface area contributed by atoms with Crippen LogP contribution >= 0.6 is 23.2 Å². The van der Waals surface area contributed by atoms with E-state index in [2.05, 4.69) is 0 Å². The summed E-state index contributed by atoms with van der Waals surface area (Å²) in [6.45, 7) is 2.88. The molecule has 0 N–H and O–H groups in total. The third-order valence-electron chi connectivity index (χ3n) is 4.77. The fourth-order valence-corrected chi connectivity index (χ4v) is 3.45. The molecule has 0 aliphatic carbocycles. The summed E-state index contributed by atoms with van der Waals surface area (Å²) in [5, 5.41) is 10.3. The van der Waals surface area contributed by atoms with Crippen LogP contribution in [0.15, 0.2) is 51.5 Å². The molecule has 0 saturated carbocycles. The first-order valence-corrected chi connectivity index (χ1v) is 10.4. The number of esters is 1. The van der Waals surface area contributed by atoms with Gasteiger partial charge in [-0.15, -0.1) is 0 Å². The quantitative estimate of drug-likeness (QED) is 0.259. The molecule has 2 aromatic rings. The average molecular weight is 473 g/mol. The summed E-state index contributed by atoms with van der Waals surface area (Å²) in [6, 6.07) is 10.3. The third kappa shape index (κ3) is 4.93. The average Bonchev–Trinajstić information content (AvgIpc) is 3.21. The maximum atomic E-state index is 13.0. The Morgan fingerprint density at radius 3 is 2.59 bits per heavy atom. The van der Waals surface area contributed by atoms with Crippen molar-refractivity contribution in [2.75, 3.05) is 13.2 Å². The van der Waals surface area contributed by atoms with Crippen LogP contribution in [0.4, 0.5) is 0 Å². The van der Waals surface area contributed by atoms with Crippen molar-refractivity contribution in [1.29, 1.82) is 5.26 Å². The normalized spacial score (nSPS) is 15.3. The first-order chi connectivity index (χ1) is 15.2. The van der Waals surface area contributed by atoms with Crippen LogP contribution in [-0.2, 0) is 19.1 Å². The summed E-state index contributed by atoms with van der Waals surface area (Å²) in [7, 11) is 0. The zero-order valence-corrected chi connectivity index (χ0v) is 18.8. The minimum Gasteiger partial charge on any atom is -0.466 e. The van der Waals surface area contributed by atoms with Crippen LogP contribution in [0.2, 0.25) is 10.0 Å². The number of nitrogens with zero attached hydrogens (tertiary/aromatic N) is 2. The lowest BCUT2D eigenvalue weighted by Crippen LogP contribution is -2.43. The number of ether oxygens (including phenoxy) is 1. The Kier molecular flexibility index (Phi) is 7.18. The van der Waals surface area contributed by atoms with Gasteiger partial charge in [0.05, 0.1) is 16.7 Å². The van der Waals surface area contributed by atoms with E-state index in [1.165, 1.54) is 13.0 Å². The lowest BCUT2D eigenvalue weighted by molar-refractivity contribution is -0.141. The van der Waals surface area contributed by atoms with Gasteiger partial charge in [-0.3, -0.25) is 19.3 Å². The van der Waals surface area contributed by atoms with Gasteiger partial charge < -0.3 is 9.15 Å². The Hall–Kier alpha value is -3.34. The molecule has 0 saturated heterocycles.